The molecule has 0 radical (unpaired) electrons. The molecule has 4 nitrogen and oxygen atoms in total. The molecular formula is C13H18BrClO4. The van der Waals surface area contributed by atoms with Crippen molar-refractivity contribution in [3.63, 3.8) is 0 Å². The van der Waals surface area contributed by atoms with E-state index in [1.807, 2.05) is 12.1 Å². The van der Waals surface area contributed by atoms with Crippen LogP contribution in [-0.4, -0.2) is 40.6 Å². The summed E-state index contributed by atoms with van der Waals surface area (Å²) in [5, 5.41) is 1.24. The topological polar surface area (TPSA) is 36.9 Å². The largest absolute Gasteiger partial charge is 0.493 e. The summed E-state index contributed by atoms with van der Waals surface area (Å²) in [7, 11) is 3.22. The summed E-state index contributed by atoms with van der Waals surface area (Å²) in [5.74, 6) is 1.17. The summed E-state index contributed by atoms with van der Waals surface area (Å²) >= 11 is 9.55. The van der Waals surface area contributed by atoms with Crippen molar-refractivity contribution in [3.05, 3.63) is 22.7 Å². The smallest absolute Gasteiger partial charge is 0.179 e. The number of benzene rings is 1. The molecule has 0 atom stereocenters. The summed E-state index contributed by atoms with van der Waals surface area (Å²) in [6, 6.07) is 3.74. The summed E-state index contributed by atoms with van der Waals surface area (Å²) in [4.78, 5) is 0. The molecule has 0 saturated heterocycles. The first-order valence-corrected chi connectivity index (χ1v) is 7.34. The number of hydrogen-bond donors (Lipinski definition) is 0. The Labute approximate surface area is 127 Å². The van der Waals surface area contributed by atoms with Crippen LogP contribution in [0.1, 0.15) is 5.56 Å². The third kappa shape index (κ3) is 5.57. The van der Waals surface area contributed by atoms with E-state index in [2.05, 4.69) is 15.9 Å². The molecule has 0 saturated carbocycles. The molecule has 6 heteroatoms. The van der Waals surface area contributed by atoms with Gasteiger partial charge in [-0.15, -0.1) is 0 Å². The first kappa shape index (κ1) is 16.6. The highest BCUT2D eigenvalue weighted by Gasteiger charge is 2.11. The van der Waals surface area contributed by atoms with Gasteiger partial charge in [0, 0.05) is 12.4 Å². The molecule has 1 rings (SSSR count). The Hall–Kier alpha value is -0.490. The molecule has 0 bridgehead atoms. The Bertz CT molecular complexity index is 387. The van der Waals surface area contributed by atoms with Gasteiger partial charge in [0.15, 0.2) is 11.5 Å². The number of methoxy groups -OCH3 is 2. The number of halogens is 2. The van der Waals surface area contributed by atoms with E-state index in [9.17, 15) is 0 Å². The highest BCUT2D eigenvalue weighted by atomic mass is 79.9. The van der Waals surface area contributed by atoms with E-state index >= 15 is 0 Å². The summed E-state index contributed by atoms with van der Waals surface area (Å²) in [5.41, 5.74) is 1.03. The SMILES string of the molecule is COCCOCCOc1c(Cl)cc(CBr)cc1OC. The van der Waals surface area contributed by atoms with Gasteiger partial charge in [-0.05, 0) is 17.7 Å². The maximum Gasteiger partial charge on any atom is 0.179 e. The third-order valence-electron chi connectivity index (χ3n) is 2.35. The van der Waals surface area contributed by atoms with E-state index in [0.717, 1.165) is 5.56 Å². The lowest BCUT2D eigenvalue weighted by Crippen LogP contribution is -2.10. The second kappa shape index (κ2) is 9.42. The van der Waals surface area contributed by atoms with E-state index in [1.165, 1.54) is 0 Å². The molecule has 0 aliphatic carbocycles. The molecule has 0 aromatic heterocycles. The van der Waals surface area contributed by atoms with Gasteiger partial charge in [0.25, 0.3) is 0 Å². The fourth-order valence-corrected chi connectivity index (χ4v) is 2.05. The van der Waals surface area contributed by atoms with Crippen LogP contribution in [0.5, 0.6) is 11.5 Å². The monoisotopic (exact) mass is 352 g/mol. The number of alkyl halides is 1. The van der Waals surface area contributed by atoms with Crippen LogP contribution in [0.15, 0.2) is 12.1 Å². The minimum Gasteiger partial charge on any atom is -0.493 e. The highest BCUT2D eigenvalue weighted by molar-refractivity contribution is 9.08. The second-order valence-corrected chi connectivity index (χ2v) is 4.66. The van der Waals surface area contributed by atoms with Crippen molar-refractivity contribution in [2.75, 3.05) is 40.6 Å². The molecule has 0 N–H and O–H groups in total. The minimum absolute atomic E-state index is 0.410. The Kier molecular flexibility index (Phi) is 8.21. The van der Waals surface area contributed by atoms with Crippen LogP contribution >= 0.6 is 27.5 Å². The van der Waals surface area contributed by atoms with Gasteiger partial charge in [0.1, 0.15) is 6.61 Å². The first-order chi connectivity index (χ1) is 9.22. The van der Waals surface area contributed by atoms with Crippen LogP contribution in [-0.2, 0) is 14.8 Å². The van der Waals surface area contributed by atoms with Gasteiger partial charge in [-0.2, -0.15) is 0 Å². The molecule has 0 aliphatic rings. The predicted octanol–water partition coefficient (Wildman–Crippen LogP) is 3.29. The standard InChI is InChI=1S/C13H18BrClO4/c1-16-3-4-18-5-6-19-13-11(15)7-10(9-14)8-12(13)17-2/h7-8H,3-6,9H2,1-2H3. The van der Waals surface area contributed by atoms with Crippen molar-refractivity contribution in [2.24, 2.45) is 0 Å². The molecule has 0 heterocycles. The summed E-state index contributed by atoms with van der Waals surface area (Å²) < 4.78 is 21.1. The number of rotatable bonds is 9. The molecule has 1 aromatic rings. The van der Waals surface area contributed by atoms with Gasteiger partial charge in [-0.3, -0.25) is 0 Å². The van der Waals surface area contributed by atoms with Crippen molar-refractivity contribution in [2.45, 2.75) is 5.33 Å². The Balaban J connectivity index is 2.52. The van der Waals surface area contributed by atoms with Crippen molar-refractivity contribution < 1.29 is 18.9 Å². The average molecular weight is 354 g/mol. The molecule has 19 heavy (non-hydrogen) atoms. The summed E-state index contributed by atoms with van der Waals surface area (Å²) in [6.45, 7) is 2.01. The molecule has 0 aliphatic heterocycles. The Morgan fingerprint density at radius 3 is 2.47 bits per heavy atom. The van der Waals surface area contributed by atoms with E-state index in [1.54, 1.807) is 14.2 Å². The van der Waals surface area contributed by atoms with Gasteiger partial charge in [0.05, 0.1) is 32.0 Å². The molecule has 0 amide bonds. The maximum atomic E-state index is 6.17. The fourth-order valence-electron chi connectivity index (χ4n) is 1.44. The zero-order chi connectivity index (χ0) is 14.1. The van der Waals surface area contributed by atoms with Crippen LogP contribution in [0.2, 0.25) is 5.02 Å². The van der Waals surface area contributed by atoms with Crippen LogP contribution < -0.4 is 9.47 Å². The van der Waals surface area contributed by atoms with Crippen molar-refractivity contribution in [1.29, 1.82) is 0 Å². The predicted molar refractivity (Wildman–Crippen MR) is 78.8 cm³/mol. The number of ether oxygens (including phenoxy) is 4. The highest BCUT2D eigenvalue weighted by Crippen LogP contribution is 2.36. The Morgan fingerprint density at radius 2 is 1.84 bits per heavy atom. The van der Waals surface area contributed by atoms with Crippen molar-refractivity contribution >= 4 is 27.5 Å². The average Bonchev–Trinajstić information content (AvgIpc) is 2.43. The molecule has 1 aromatic carbocycles. The van der Waals surface area contributed by atoms with Crippen LogP contribution in [0, 0.1) is 0 Å². The zero-order valence-electron chi connectivity index (χ0n) is 11.1. The molecule has 0 spiro atoms. The van der Waals surface area contributed by atoms with Gasteiger partial charge >= 0.3 is 0 Å². The first-order valence-electron chi connectivity index (χ1n) is 5.84. The molecular weight excluding hydrogens is 335 g/mol. The van der Waals surface area contributed by atoms with Crippen molar-refractivity contribution in [3.8, 4) is 11.5 Å². The van der Waals surface area contributed by atoms with E-state index in [-0.39, 0.29) is 0 Å². The van der Waals surface area contributed by atoms with Crippen LogP contribution in [0.3, 0.4) is 0 Å². The maximum absolute atomic E-state index is 6.17. The lowest BCUT2D eigenvalue weighted by molar-refractivity contribution is 0.0540. The van der Waals surface area contributed by atoms with Gasteiger partial charge in [0.2, 0.25) is 0 Å². The lowest BCUT2D eigenvalue weighted by Gasteiger charge is -2.13. The normalized spacial score (nSPS) is 10.5. The van der Waals surface area contributed by atoms with Crippen LogP contribution in [0.4, 0.5) is 0 Å². The molecule has 0 fully saturated rings. The molecule has 108 valence electrons. The van der Waals surface area contributed by atoms with E-state index < -0.39 is 0 Å². The van der Waals surface area contributed by atoms with Crippen molar-refractivity contribution in [1.82, 2.24) is 0 Å². The van der Waals surface area contributed by atoms with Gasteiger partial charge in [-0.25, -0.2) is 0 Å². The quantitative estimate of drug-likeness (QED) is 0.504. The fraction of sp³-hybridized carbons (Fsp3) is 0.538. The van der Waals surface area contributed by atoms with Gasteiger partial charge in [-0.1, -0.05) is 27.5 Å². The van der Waals surface area contributed by atoms with E-state index in [4.69, 9.17) is 30.5 Å². The summed E-state index contributed by atoms with van der Waals surface area (Å²) in [6.07, 6.45) is 0. The second-order valence-electron chi connectivity index (χ2n) is 3.70. The minimum atomic E-state index is 0.410. The van der Waals surface area contributed by atoms with Gasteiger partial charge < -0.3 is 18.9 Å². The third-order valence-corrected chi connectivity index (χ3v) is 3.28. The van der Waals surface area contributed by atoms with Crippen LogP contribution in [0.25, 0.3) is 0 Å². The number of hydrogen-bond acceptors (Lipinski definition) is 4. The van der Waals surface area contributed by atoms with E-state index in [0.29, 0.717) is 48.3 Å². The Morgan fingerprint density at radius 1 is 1.11 bits per heavy atom. The lowest BCUT2D eigenvalue weighted by atomic mass is 10.2. The zero-order valence-corrected chi connectivity index (χ0v) is 13.4. The molecule has 0 unspecified atom stereocenters.